The van der Waals surface area contributed by atoms with Gasteiger partial charge in [-0.25, -0.2) is 17.5 Å². The Morgan fingerprint density at radius 3 is 2.50 bits per heavy atom. The second-order valence-corrected chi connectivity index (χ2v) is 10.4. The van der Waals surface area contributed by atoms with Crippen LogP contribution in [0.3, 0.4) is 0 Å². The molecule has 1 aromatic rings. The van der Waals surface area contributed by atoms with E-state index in [0.29, 0.717) is 39.1 Å². The van der Waals surface area contributed by atoms with Crippen LogP contribution in [0.4, 0.5) is 4.79 Å². The summed E-state index contributed by atoms with van der Waals surface area (Å²) in [6.45, 7) is 8.59. The lowest BCUT2D eigenvalue weighted by molar-refractivity contribution is 0.102. The van der Waals surface area contributed by atoms with E-state index in [4.69, 9.17) is 0 Å². The molecule has 0 aliphatic carbocycles. The highest BCUT2D eigenvalue weighted by molar-refractivity contribution is 7.88. The molecule has 1 aromatic carbocycles. The molecule has 2 heterocycles. The molecule has 156 valence electrons. The third-order valence-electron chi connectivity index (χ3n) is 5.87. The van der Waals surface area contributed by atoms with Gasteiger partial charge in [0.1, 0.15) is 0 Å². The zero-order valence-corrected chi connectivity index (χ0v) is 18.0. The molecule has 0 bridgehead atoms. The molecule has 2 aliphatic heterocycles. The highest BCUT2D eigenvalue weighted by Crippen LogP contribution is 2.25. The maximum absolute atomic E-state index is 12.7. The summed E-state index contributed by atoms with van der Waals surface area (Å²) in [5, 5.41) is 3.07. The number of carbonyl (C=O) groups is 1. The summed E-state index contributed by atoms with van der Waals surface area (Å²) >= 11 is 0. The van der Waals surface area contributed by atoms with Crippen molar-refractivity contribution in [1.29, 1.82) is 0 Å². The number of fused-ring (bicyclic) bond motifs is 1. The van der Waals surface area contributed by atoms with Crippen LogP contribution in [-0.2, 0) is 23.0 Å². The standard InChI is InChI=1S/C20H32N4O3S/c1-20(2,23-12-9-17-7-4-5-8-18(17)15-23)16-21-19(25)22-10-6-11-24(14-13-22)28(3,26)27/h4-5,7-8H,6,9-16H2,1-3H3,(H,21,25). The van der Waals surface area contributed by atoms with Crippen molar-refractivity contribution in [2.75, 3.05) is 45.5 Å². The van der Waals surface area contributed by atoms with Crippen LogP contribution < -0.4 is 5.32 Å². The van der Waals surface area contributed by atoms with Gasteiger partial charge in [0.25, 0.3) is 0 Å². The normalized spacial score (nSPS) is 19.8. The minimum atomic E-state index is -3.20. The lowest BCUT2D eigenvalue weighted by Gasteiger charge is -2.42. The number of hydrogen-bond donors (Lipinski definition) is 1. The summed E-state index contributed by atoms with van der Waals surface area (Å²) < 4.78 is 24.9. The van der Waals surface area contributed by atoms with Gasteiger partial charge in [0, 0.05) is 51.4 Å². The minimum absolute atomic E-state index is 0.110. The lowest BCUT2D eigenvalue weighted by Crippen LogP contribution is -2.55. The zero-order valence-electron chi connectivity index (χ0n) is 17.1. The predicted octanol–water partition coefficient (Wildman–Crippen LogP) is 1.50. The first-order valence-electron chi connectivity index (χ1n) is 9.96. The van der Waals surface area contributed by atoms with Crippen LogP contribution >= 0.6 is 0 Å². The van der Waals surface area contributed by atoms with Gasteiger partial charge in [-0.3, -0.25) is 4.90 Å². The van der Waals surface area contributed by atoms with Crippen LogP contribution in [0.1, 0.15) is 31.4 Å². The van der Waals surface area contributed by atoms with Crippen molar-refractivity contribution < 1.29 is 13.2 Å². The number of rotatable bonds is 4. The van der Waals surface area contributed by atoms with E-state index in [2.05, 4.69) is 48.3 Å². The Balaban J connectivity index is 1.54. The Bertz CT molecular complexity index is 809. The van der Waals surface area contributed by atoms with Crippen molar-refractivity contribution in [3.8, 4) is 0 Å². The molecule has 0 spiro atoms. The highest BCUT2D eigenvalue weighted by Gasteiger charge is 2.31. The monoisotopic (exact) mass is 408 g/mol. The molecule has 7 nitrogen and oxygen atoms in total. The first kappa shape index (κ1) is 21.1. The molecule has 1 N–H and O–H groups in total. The van der Waals surface area contributed by atoms with Gasteiger partial charge in [-0.1, -0.05) is 24.3 Å². The molecule has 0 unspecified atom stereocenters. The molecule has 1 saturated heterocycles. The fourth-order valence-electron chi connectivity index (χ4n) is 3.96. The molecule has 2 amide bonds. The van der Waals surface area contributed by atoms with E-state index in [-0.39, 0.29) is 11.6 Å². The Kier molecular flexibility index (Phi) is 6.31. The average molecular weight is 409 g/mol. The van der Waals surface area contributed by atoms with Gasteiger partial charge in [-0.15, -0.1) is 0 Å². The fourth-order valence-corrected chi connectivity index (χ4v) is 4.83. The van der Waals surface area contributed by atoms with Crippen molar-refractivity contribution in [2.24, 2.45) is 0 Å². The third kappa shape index (κ3) is 5.04. The summed E-state index contributed by atoms with van der Waals surface area (Å²) in [6, 6.07) is 8.43. The van der Waals surface area contributed by atoms with Gasteiger partial charge in [0.15, 0.2) is 0 Å². The molecule has 1 fully saturated rings. The molecule has 2 aliphatic rings. The SMILES string of the molecule is CC(C)(CNC(=O)N1CCCN(S(C)(=O)=O)CC1)N1CCc2ccccc2C1. The van der Waals surface area contributed by atoms with E-state index in [0.717, 1.165) is 19.5 Å². The molecule has 0 aromatic heterocycles. The quantitative estimate of drug-likeness (QED) is 0.820. The van der Waals surface area contributed by atoms with Crippen LogP contribution in [0, 0.1) is 0 Å². The fraction of sp³-hybridized carbons (Fsp3) is 0.650. The van der Waals surface area contributed by atoms with Gasteiger partial charge >= 0.3 is 6.03 Å². The largest absolute Gasteiger partial charge is 0.336 e. The summed E-state index contributed by atoms with van der Waals surface area (Å²) in [6.07, 6.45) is 2.91. The van der Waals surface area contributed by atoms with E-state index in [1.807, 2.05) is 0 Å². The van der Waals surface area contributed by atoms with E-state index >= 15 is 0 Å². The second kappa shape index (κ2) is 8.39. The van der Waals surface area contributed by atoms with E-state index in [1.54, 1.807) is 4.90 Å². The van der Waals surface area contributed by atoms with Gasteiger partial charge in [-0.2, -0.15) is 0 Å². The molecular weight excluding hydrogens is 376 g/mol. The van der Waals surface area contributed by atoms with Crippen molar-refractivity contribution >= 4 is 16.1 Å². The summed E-state index contributed by atoms with van der Waals surface area (Å²) in [4.78, 5) is 16.8. The zero-order chi connectivity index (χ0) is 20.4. The Labute approximate surface area is 168 Å². The van der Waals surface area contributed by atoms with E-state index in [1.165, 1.54) is 21.7 Å². The maximum Gasteiger partial charge on any atom is 0.317 e. The van der Waals surface area contributed by atoms with Crippen molar-refractivity contribution in [3.05, 3.63) is 35.4 Å². The number of nitrogens with one attached hydrogen (secondary N) is 1. The molecule has 28 heavy (non-hydrogen) atoms. The lowest BCUT2D eigenvalue weighted by atomic mass is 9.94. The maximum atomic E-state index is 12.7. The molecular formula is C20H32N4O3S. The van der Waals surface area contributed by atoms with Gasteiger partial charge in [-0.05, 0) is 37.8 Å². The number of benzene rings is 1. The second-order valence-electron chi connectivity index (χ2n) is 8.41. The number of carbonyl (C=O) groups excluding carboxylic acids is 1. The van der Waals surface area contributed by atoms with Gasteiger partial charge in [0.05, 0.1) is 6.26 Å². The number of amides is 2. The van der Waals surface area contributed by atoms with Crippen molar-refractivity contribution in [1.82, 2.24) is 19.4 Å². The van der Waals surface area contributed by atoms with Gasteiger partial charge < -0.3 is 10.2 Å². The minimum Gasteiger partial charge on any atom is -0.336 e. The molecule has 0 atom stereocenters. The van der Waals surface area contributed by atoms with Crippen LogP contribution in [0.25, 0.3) is 0 Å². The average Bonchev–Trinajstić information content (AvgIpc) is 2.92. The number of hydrogen-bond acceptors (Lipinski definition) is 4. The Hall–Kier alpha value is -1.64. The molecule has 0 radical (unpaired) electrons. The van der Waals surface area contributed by atoms with Crippen molar-refractivity contribution in [3.63, 3.8) is 0 Å². The van der Waals surface area contributed by atoms with Crippen LogP contribution in [0.5, 0.6) is 0 Å². The molecule has 0 saturated carbocycles. The Morgan fingerprint density at radius 2 is 1.79 bits per heavy atom. The third-order valence-corrected chi connectivity index (χ3v) is 7.17. The molecule has 8 heteroatoms. The summed E-state index contributed by atoms with van der Waals surface area (Å²) in [5.41, 5.74) is 2.62. The smallest absolute Gasteiger partial charge is 0.317 e. The number of urea groups is 1. The number of nitrogens with zero attached hydrogens (tertiary/aromatic N) is 3. The summed E-state index contributed by atoms with van der Waals surface area (Å²) in [5.74, 6) is 0. The molecule has 3 rings (SSSR count). The predicted molar refractivity (Wildman–Crippen MR) is 111 cm³/mol. The van der Waals surface area contributed by atoms with Gasteiger partial charge in [0.2, 0.25) is 10.0 Å². The number of sulfonamides is 1. The van der Waals surface area contributed by atoms with Crippen LogP contribution in [0.15, 0.2) is 24.3 Å². The topological polar surface area (TPSA) is 73.0 Å². The highest BCUT2D eigenvalue weighted by atomic mass is 32.2. The first-order valence-corrected chi connectivity index (χ1v) is 11.8. The van der Waals surface area contributed by atoms with E-state index in [9.17, 15) is 13.2 Å². The summed E-state index contributed by atoms with van der Waals surface area (Å²) in [7, 11) is -3.20. The first-order chi connectivity index (χ1) is 13.2. The van der Waals surface area contributed by atoms with Crippen LogP contribution in [0.2, 0.25) is 0 Å². The van der Waals surface area contributed by atoms with E-state index < -0.39 is 10.0 Å². The van der Waals surface area contributed by atoms with Crippen LogP contribution in [-0.4, -0.2) is 79.6 Å². The van der Waals surface area contributed by atoms with Crippen molar-refractivity contribution in [2.45, 2.75) is 38.8 Å². The Morgan fingerprint density at radius 1 is 1.07 bits per heavy atom.